The van der Waals surface area contributed by atoms with Crippen molar-refractivity contribution in [2.24, 2.45) is 0 Å². The third-order valence-electron chi connectivity index (χ3n) is 5.11. The molecule has 0 bridgehead atoms. The van der Waals surface area contributed by atoms with Crippen LogP contribution in [0.2, 0.25) is 0 Å². The molecule has 0 atom stereocenters. The lowest BCUT2D eigenvalue weighted by Crippen LogP contribution is -2.60. The smallest absolute Gasteiger partial charge is 0.0814 e. The molecule has 0 aromatic heterocycles. The maximum Gasteiger partial charge on any atom is 0.0814 e. The second-order valence-corrected chi connectivity index (χ2v) is 6.55. The summed E-state index contributed by atoms with van der Waals surface area (Å²) in [5.74, 6) is 0. The van der Waals surface area contributed by atoms with Crippen LogP contribution in [0.5, 0.6) is 0 Å². The third-order valence-corrected chi connectivity index (χ3v) is 5.11. The van der Waals surface area contributed by atoms with Crippen molar-refractivity contribution < 1.29 is 4.74 Å². The fourth-order valence-electron chi connectivity index (χ4n) is 4.18. The van der Waals surface area contributed by atoms with Crippen LogP contribution >= 0.6 is 0 Å². The molecule has 0 aromatic rings. The van der Waals surface area contributed by atoms with E-state index in [1.54, 1.807) is 0 Å². The van der Waals surface area contributed by atoms with E-state index in [2.05, 4.69) is 5.32 Å². The minimum atomic E-state index is 0.200. The highest BCUT2D eigenvalue weighted by Gasteiger charge is 2.45. The Morgan fingerprint density at radius 1 is 0.588 bits per heavy atom. The number of morpholine rings is 1. The summed E-state index contributed by atoms with van der Waals surface area (Å²) >= 11 is 0. The minimum absolute atomic E-state index is 0.200. The van der Waals surface area contributed by atoms with Crippen LogP contribution in [0, 0.1) is 0 Å². The topological polar surface area (TPSA) is 21.3 Å². The molecule has 3 rings (SSSR count). The summed E-state index contributed by atoms with van der Waals surface area (Å²) in [6.45, 7) is 2.21. The van der Waals surface area contributed by atoms with Gasteiger partial charge in [0.25, 0.3) is 0 Å². The van der Waals surface area contributed by atoms with Crippen molar-refractivity contribution in [2.75, 3.05) is 13.1 Å². The first-order valence-corrected chi connectivity index (χ1v) is 7.74. The number of hydrogen-bond acceptors (Lipinski definition) is 2. The average molecular weight is 237 g/mol. The van der Waals surface area contributed by atoms with Crippen LogP contribution in [0.25, 0.3) is 0 Å². The maximum atomic E-state index is 6.76. The van der Waals surface area contributed by atoms with Crippen molar-refractivity contribution in [2.45, 2.75) is 81.8 Å². The molecular weight excluding hydrogens is 210 g/mol. The molecule has 98 valence electrons. The predicted octanol–water partition coefficient (Wildman–Crippen LogP) is 3.40. The molecule has 2 nitrogen and oxygen atoms in total. The van der Waals surface area contributed by atoms with Gasteiger partial charge in [-0.05, 0) is 25.7 Å². The van der Waals surface area contributed by atoms with E-state index in [1.165, 1.54) is 70.6 Å². The summed E-state index contributed by atoms with van der Waals surface area (Å²) in [6.07, 6.45) is 14.9. The standard InChI is InChI=1S/C15H27NO/c1-2-5-9-14(8-4-1)12-16-13-15(17-14)10-6-3-7-11-15/h16H,1-13H2. The van der Waals surface area contributed by atoms with Crippen LogP contribution in [0.3, 0.4) is 0 Å². The Bertz CT molecular complexity index is 244. The summed E-state index contributed by atoms with van der Waals surface area (Å²) < 4.78 is 6.76. The molecule has 2 saturated carbocycles. The van der Waals surface area contributed by atoms with Gasteiger partial charge in [0.1, 0.15) is 0 Å². The maximum absolute atomic E-state index is 6.76. The summed E-state index contributed by atoms with van der Waals surface area (Å²) in [4.78, 5) is 0. The first kappa shape index (κ1) is 12.0. The largest absolute Gasteiger partial charge is 0.366 e. The van der Waals surface area contributed by atoms with E-state index in [0.717, 1.165) is 13.1 Å². The zero-order valence-electron chi connectivity index (χ0n) is 11.1. The average Bonchev–Trinajstić information content (AvgIpc) is 2.56. The second-order valence-electron chi connectivity index (χ2n) is 6.55. The van der Waals surface area contributed by atoms with Gasteiger partial charge in [0, 0.05) is 13.1 Å². The van der Waals surface area contributed by atoms with Gasteiger partial charge in [-0.15, -0.1) is 0 Å². The molecule has 2 aliphatic carbocycles. The molecule has 17 heavy (non-hydrogen) atoms. The van der Waals surface area contributed by atoms with E-state index in [0.29, 0.717) is 0 Å². The van der Waals surface area contributed by atoms with E-state index in [4.69, 9.17) is 4.74 Å². The molecule has 1 saturated heterocycles. The SMILES string of the molecule is C1CCCC2(CC1)CNCC1(CCCCC1)O2. The van der Waals surface area contributed by atoms with Crippen molar-refractivity contribution in [1.82, 2.24) is 5.32 Å². The Balaban J connectivity index is 1.72. The van der Waals surface area contributed by atoms with Gasteiger partial charge in [0.05, 0.1) is 11.2 Å². The van der Waals surface area contributed by atoms with Crippen LogP contribution < -0.4 is 5.32 Å². The molecule has 2 heteroatoms. The fraction of sp³-hybridized carbons (Fsp3) is 1.00. The quantitative estimate of drug-likeness (QED) is 0.697. The lowest BCUT2D eigenvalue weighted by molar-refractivity contribution is -0.196. The molecule has 3 aliphatic rings. The Morgan fingerprint density at radius 3 is 1.47 bits per heavy atom. The van der Waals surface area contributed by atoms with E-state index in [9.17, 15) is 0 Å². The lowest BCUT2D eigenvalue weighted by Gasteiger charge is -2.50. The summed E-state index contributed by atoms with van der Waals surface area (Å²) in [5, 5.41) is 3.71. The molecule has 0 unspecified atom stereocenters. The monoisotopic (exact) mass is 237 g/mol. The van der Waals surface area contributed by atoms with Crippen molar-refractivity contribution in [3.05, 3.63) is 0 Å². The third kappa shape index (κ3) is 2.53. The van der Waals surface area contributed by atoms with E-state index >= 15 is 0 Å². The number of rotatable bonds is 0. The Hall–Kier alpha value is -0.0800. The van der Waals surface area contributed by atoms with Crippen molar-refractivity contribution in [3.63, 3.8) is 0 Å². The van der Waals surface area contributed by atoms with Crippen LogP contribution in [-0.2, 0) is 4.74 Å². The lowest BCUT2D eigenvalue weighted by atomic mass is 9.80. The molecule has 0 amide bonds. The summed E-state index contributed by atoms with van der Waals surface area (Å²) in [6, 6.07) is 0. The second kappa shape index (κ2) is 4.89. The molecule has 1 heterocycles. The van der Waals surface area contributed by atoms with Gasteiger partial charge < -0.3 is 10.1 Å². The Kier molecular flexibility index (Phi) is 3.45. The molecule has 0 aromatic carbocycles. The molecule has 0 radical (unpaired) electrons. The number of hydrogen-bond donors (Lipinski definition) is 1. The minimum Gasteiger partial charge on any atom is -0.366 e. The van der Waals surface area contributed by atoms with Crippen molar-refractivity contribution >= 4 is 0 Å². The van der Waals surface area contributed by atoms with Gasteiger partial charge in [-0.1, -0.05) is 44.9 Å². The van der Waals surface area contributed by atoms with Gasteiger partial charge in [-0.25, -0.2) is 0 Å². The van der Waals surface area contributed by atoms with Gasteiger partial charge in [-0.2, -0.15) is 0 Å². The van der Waals surface area contributed by atoms with E-state index < -0.39 is 0 Å². The zero-order chi connectivity index (χ0) is 11.6. The highest BCUT2D eigenvalue weighted by molar-refractivity contribution is 4.98. The molecule has 1 N–H and O–H groups in total. The predicted molar refractivity (Wildman–Crippen MR) is 70.2 cm³/mol. The van der Waals surface area contributed by atoms with Crippen LogP contribution in [0.4, 0.5) is 0 Å². The number of ether oxygens (including phenoxy) is 1. The molecule has 2 spiro atoms. The van der Waals surface area contributed by atoms with E-state index in [1.807, 2.05) is 0 Å². The van der Waals surface area contributed by atoms with Crippen LogP contribution in [-0.4, -0.2) is 24.3 Å². The molecular formula is C15H27NO. The van der Waals surface area contributed by atoms with Gasteiger partial charge >= 0.3 is 0 Å². The van der Waals surface area contributed by atoms with Gasteiger partial charge in [-0.3, -0.25) is 0 Å². The first-order valence-electron chi connectivity index (χ1n) is 7.74. The fourth-order valence-corrected chi connectivity index (χ4v) is 4.18. The molecule has 3 fully saturated rings. The van der Waals surface area contributed by atoms with E-state index in [-0.39, 0.29) is 11.2 Å². The van der Waals surface area contributed by atoms with Gasteiger partial charge in [0.15, 0.2) is 0 Å². The summed E-state index contributed by atoms with van der Waals surface area (Å²) in [5.41, 5.74) is 0.410. The first-order chi connectivity index (χ1) is 8.33. The van der Waals surface area contributed by atoms with Crippen molar-refractivity contribution in [3.8, 4) is 0 Å². The van der Waals surface area contributed by atoms with Crippen LogP contribution in [0.15, 0.2) is 0 Å². The highest BCUT2D eigenvalue weighted by Crippen LogP contribution is 2.41. The highest BCUT2D eigenvalue weighted by atomic mass is 16.5. The van der Waals surface area contributed by atoms with Crippen LogP contribution in [0.1, 0.15) is 70.6 Å². The zero-order valence-corrected chi connectivity index (χ0v) is 11.1. The number of nitrogens with one attached hydrogen (secondary N) is 1. The van der Waals surface area contributed by atoms with Crippen molar-refractivity contribution in [1.29, 1.82) is 0 Å². The Labute approximate surface area is 105 Å². The van der Waals surface area contributed by atoms with Gasteiger partial charge in [0.2, 0.25) is 0 Å². The normalized spacial score (nSPS) is 32.5. The molecule has 1 aliphatic heterocycles. The summed E-state index contributed by atoms with van der Waals surface area (Å²) in [7, 11) is 0. The Morgan fingerprint density at radius 2 is 1.00 bits per heavy atom.